The largest absolute Gasteiger partial charge is 1.00 e. The van der Waals surface area contributed by atoms with Crippen molar-refractivity contribution in [2.45, 2.75) is 11.4 Å². The summed E-state index contributed by atoms with van der Waals surface area (Å²) in [6.45, 7) is 0.441. The molecule has 5 heteroatoms. The number of hydrogen-bond donors (Lipinski definition) is 1. The summed E-state index contributed by atoms with van der Waals surface area (Å²) in [5.74, 6) is -0.841. The highest BCUT2D eigenvalue weighted by Crippen LogP contribution is 1.98. The second-order valence-corrected chi connectivity index (χ2v) is 3.48. The predicted octanol–water partition coefficient (Wildman–Crippen LogP) is -2.17. The third-order valence-electron chi connectivity index (χ3n) is 1.42. The first-order chi connectivity index (χ1) is 5.70. The zero-order chi connectivity index (χ0) is 8.97. The van der Waals surface area contributed by atoms with Crippen molar-refractivity contribution < 1.29 is 31.4 Å². The van der Waals surface area contributed by atoms with E-state index in [1.165, 1.54) is 0 Å². The number of rotatable bonds is 3. The molecular weight excluding hydrogens is 302 g/mol. The smallest absolute Gasteiger partial charge is 0.323 e. The Morgan fingerprint density at radius 1 is 1.38 bits per heavy atom. The number of aliphatic carboxylic acids is 1. The number of pyridine rings is 1. The van der Waals surface area contributed by atoms with Crippen LogP contribution in [-0.4, -0.2) is 15.9 Å². The Kier molecular flexibility index (Phi) is 5.90. The fraction of sp³-hybridized carbons (Fsp3) is 0.250. The summed E-state index contributed by atoms with van der Waals surface area (Å²) in [4.78, 5) is 9.92. The van der Waals surface area contributed by atoms with Crippen LogP contribution in [-0.2, 0) is 11.3 Å². The van der Waals surface area contributed by atoms with Crippen LogP contribution in [0.5, 0.6) is 0 Å². The molecule has 1 aromatic heterocycles. The van der Waals surface area contributed by atoms with Gasteiger partial charge >= 0.3 is 5.97 Å². The standard InChI is InChI=1S/C8H8BrNO2.BrH/c9-7(8(11)12)6-10-4-2-1-3-5-10;/h1-5,7H,6H2;1H. The van der Waals surface area contributed by atoms with Crippen molar-refractivity contribution in [3.63, 3.8) is 0 Å². The molecule has 1 heterocycles. The van der Waals surface area contributed by atoms with E-state index in [9.17, 15) is 4.79 Å². The topological polar surface area (TPSA) is 41.2 Å². The molecule has 0 aliphatic carbocycles. The van der Waals surface area contributed by atoms with Crippen molar-refractivity contribution in [2.75, 3.05) is 0 Å². The minimum Gasteiger partial charge on any atom is -1.00 e. The van der Waals surface area contributed by atoms with Gasteiger partial charge in [0.1, 0.15) is 0 Å². The Bertz CT molecular complexity index is 266. The normalized spacial score (nSPS) is 11.5. The number of carboxylic acid groups (broad SMARTS) is 1. The minimum absolute atomic E-state index is 0. The van der Waals surface area contributed by atoms with E-state index in [1.54, 1.807) is 0 Å². The number of carboxylic acids is 1. The zero-order valence-electron chi connectivity index (χ0n) is 6.73. The molecule has 72 valence electrons. The quantitative estimate of drug-likeness (QED) is 0.510. The molecule has 1 rings (SSSR count). The summed E-state index contributed by atoms with van der Waals surface area (Å²) in [5, 5.41) is 8.58. The molecule has 3 nitrogen and oxygen atoms in total. The van der Waals surface area contributed by atoms with Crippen molar-refractivity contribution in [2.24, 2.45) is 0 Å². The van der Waals surface area contributed by atoms with Crippen LogP contribution in [0.2, 0.25) is 0 Å². The van der Waals surface area contributed by atoms with Crippen molar-refractivity contribution in [1.82, 2.24) is 0 Å². The van der Waals surface area contributed by atoms with Crippen LogP contribution in [0.1, 0.15) is 0 Å². The molecule has 0 aliphatic rings. The highest BCUT2D eigenvalue weighted by molar-refractivity contribution is 9.10. The molecule has 0 aliphatic heterocycles. The highest BCUT2D eigenvalue weighted by atomic mass is 79.9. The second kappa shape index (κ2) is 6.10. The van der Waals surface area contributed by atoms with Crippen LogP contribution in [0.4, 0.5) is 0 Å². The van der Waals surface area contributed by atoms with Gasteiger partial charge in [-0.25, -0.2) is 4.57 Å². The summed E-state index contributed by atoms with van der Waals surface area (Å²) < 4.78 is 1.81. The van der Waals surface area contributed by atoms with Crippen LogP contribution in [0.15, 0.2) is 30.6 Å². The van der Waals surface area contributed by atoms with Gasteiger partial charge in [-0.1, -0.05) is 22.0 Å². The molecule has 1 aromatic rings. The van der Waals surface area contributed by atoms with E-state index in [0.29, 0.717) is 6.54 Å². The fourth-order valence-electron chi connectivity index (χ4n) is 0.819. The van der Waals surface area contributed by atoms with Gasteiger partial charge in [0.2, 0.25) is 0 Å². The van der Waals surface area contributed by atoms with Crippen LogP contribution in [0.25, 0.3) is 0 Å². The van der Waals surface area contributed by atoms with Crippen molar-refractivity contribution >= 4 is 21.9 Å². The maximum absolute atomic E-state index is 10.4. The van der Waals surface area contributed by atoms with E-state index in [-0.39, 0.29) is 17.0 Å². The summed E-state index contributed by atoms with van der Waals surface area (Å²) in [5.41, 5.74) is 0. The summed E-state index contributed by atoms with van der Waals surface area (Å²) >= 11 is 3.06. The van der Waals surface area contributed by atoms with Gasteiger partial charge in [0.25, 0.3) is 0 Å². The Hall–Kier alpha value is -0.420. The molecule has 13 heavy (non-hydrogen) atoms. The predicted molar refractivity (Wildman–Crippen MR) is 47.0 cm³/mol. The lowest BCUT2D eigenvalue weighted by molar-refractivity contribution is -0.694. The average molecular weight is 311 g/mol. The van der Waals surface area contributed by atoms with Gasteiger partial charge in [-0.05, 0) is 0 Å². The van der Waals surface area contributed by atoms with Crippen LogP contribution in [0.3, 0.4) is 0 Å². The van der Waals surface area contributed by atoms with Crippen LogP contribution in [0, 0.1) is 0 Å². The molecule has 1 N–H and O–H groups in total. The number of nitrogens with zero attached hydrogens (tertiary/aromatic N) is 1. The third kappa shape index (κ3) is 4.38. The van der Waals surface area contributed by atoms with Crippen molar-refractivity contribution in [3.8, 4) is 0 Å². The lowest BCUT2D eigenvalue weighted by atomic mass is 10.4. The van der Waals surface area contributed by atoms with E-state index < -0.39 is 10.8 Å². The summed E-state index contributed by atoms with van der Waals surface area (Å²) in [6.07, 6.45) is 3.66. The summed E-state index contributed by atoms with van der Waals surface area (Å²) in [7, 11) is 0. The molecule has 0 saturated carbocycles. The third-order valence-corrected chi connectivity index (χ3v) is 2.10. The van der Waals surface area contributed by atoms with Gasteiger partial charge in [0, 0.05) is 12.1 Å². The van der Waals surface area contributed by atoms with Gasteiger partial charge in [0.05, 0.1) is 0 Å². The Morgan fingerprint density at radius 3 is 2.38 bits per heavy atom. The number of carbonyl (C=O) groups is 1. The minimum atomic E-state index is -0.841. The van der Waals surface area contributed by atoms with Crippen molar-refractivity contribution in [3.05, 3.63) is 30.6 Å². The van der Waals surface area contributed by atoms with Crippen molar-refractivity contribution in [1.29, 1.82) is 0 Å². The van der Waals surface area contributed by atoms with Gasteiger partial charge < -0.3 is 22.1 Å². The molecule has 1 unspecified atom stereocenters. The van der Waals surface area contributed by atoms with Crippen LogP contribution < -0.4 is 21.5 Å². The van der Waals surface area contributed by atoms with Gasteiger partial charge in [-0.3, -0.25) is 4.79 Å². The maximum atomic E-state index is 10.4. The molecule has 0 saturated heterocycles. The molecule has 0 spiro atoms. The molecule has 0 fully saturated rings. The monoisotopic (exact) mass is 309 g/mol. The van der Waals surface area contributed by atoms with E-state index in [0.717, 1.165) is 0 Å². The van der Waals surface area contributed by atoms with E-state index in [1.807, 2.05) is 35.2 Å². The lowest BCUT2D eigenvalue weighted by Gasteiger charge is -1.98. The molecular formula is C8H9Br2NO2. The first-order valence-electron chi connectivity index (χ1n) is 3.51. The molecule has 0 amide bonds. The van der Waals surface area contributed by atoms with Gasteiger partial charge in [0.15, 0.2) is 23.8 Å². The molecule has 0 bridgehead atoms. The van der Waals surface area contributed by atoms with Gasteiger partial charge in [-0.2, -0.15) is 0 Å². The Labute approximate surface area is 95.3 Å². The van der Waals surface area contributed by atoms with Crippen LogP contribution >= 0.6 is 15.9 Å². The van der Waals surface area contributed by atoms with E-state index in [2.05, 4.69) is 15.9 Å². The number of alkyl halides is 1. The van der Waals surface area contributed by atoms with Gasteiger partial charge in [-0.15, -0.1) is 0 Å². The number of aromatic nitrogens is 1. The Balaban J connectivity index is 0.00000144. The molecule has 1 atom stereocenters. The fourth-order valence-corrected chi connectivity index (χ4v) is 1.15. The zero-order valence-corrected chi connectivity index (χ0v) is 9.90. The first-order valence-corrected chi connectivity index (χ1v) is 4.42. The van der Waals surface area contributed by atoms with E-state index >= 15 is 0 Å². The summed E-state index contributed by atoms with van der Waals surface area (Å²) in [6, 6.07) is 5.61. The molecule has 0 aromatic carbocycles. The average Bonchev–Trinajstić information content (AvgIpc) is 2.06. The van der Waals surface area contributed by atoms with E-state index in [4.69, 9.17) is 5.11 Å². The second-order valence-electron chi connectivity index (χ2n) is 2.38. The Morgan fingerprint density at radius 2 is 1.92 bits per heavy atom. The first kappa shape index (κ1) is 12.6. The SMILES string of the molecule is O=C(O)C(Br)C[n+]1ccccc1.[Br-]. The highest BCUT2D eigenvalue weighted by Gasteiger charge is 2.17. The molecule has 0 radical (unpaired) electrons. The number of hydrogen-bond acceptors (Lipinski definition) is 1. The lowest BCUT2D eigenvalue weighted by Crippen LogP contribution is -3.00. The number of halogens is 2. The maximum Gasteiger partial charge on any atom is 0.323 e.